The van der Waals surface area contributed by atoms with Gasteiger partial charge < -0.3 is 10.1 Å². The third-order valence-electron chi connectivity index (χ3n) is 2.11. The van der Waals surface area contributed by atoms with E-state index >= 15 is 0 Å². The normalized spacial score (nSPS) is 11.2. The van der Waals surface area contributed by atoms with Crippen LogP contribution < -0.4 is 10.1 Å². The van der Waals surface area contributed by atoms with E-state index in [9.17, 15) is 4.79 Å². The van der Waals surface area contributed by atoms with Gasteiger partial charge in [0.2, 0.25) is 0 Å². The number of ether oxygens (including phenoxy) is 1. The van der Waals surface area contributed by atoms with Gasteiger partial charge in [-0.3, -0.25) is 0 Å². The first-order chi connectivity index (χ1) is 7.76. The topological polar surface area (TPSA) is 62.1 Å². The van der Waals surface area contributed by atoms with E-state index < -0.39 is 6.09 Å². The minimum atomic E-state index is -0.520. The van der Waals surface area contributed by atoms with Gasteiger partial charge in [0.1, 0.15) is 5.75 Å². The number of nitriles is 1. The van der Waals surface area contributed by atoms with Gasteiger partial charge >= 0.3 is 6.09 Å². The molecule has 4 heteroatoms. The summed E-state index contributed by atoms with van der Waals surface area (Å²) >= 11 is 0. The predicted octanol–water partition coefficient (Wildman–Crippen LogP) is 2.47. The summed E-state index contributed by atoms with van der Waals surface area (Å²) in [5, 5.41) is 11.2. The van der Waals surface area contributed by atoms with Crippen LogP contribution in [0, 0.1) is 11.3 Å². The molecule has 0 aliphatic carbocycles. The second-order valence-corrected chi connectivity index (χ2v) is 3.31. The second kappa shape index (κ2) is 6.46. The number of rotatable bonds is 4. The number of hydrogen-bond donors (Lipinski definition) is 1. The Morgan fingerprint density at radius 2 is 2.19 bits per heavy atom. The van der Waals surface area contributed by atoms with Gasteiger partial charge in [0.15, 0.2) is 0 Å². The average molecular weight is 218 g/mol. The number of nitrogens with one attached hydrogen (secondary N) is 1. The molecule has 1 atom stereocenters. The van der Waals surface area contributed by atoms with Crippen LogP contribution in [0.3, 0.4) is 0 Å². The molecule has 0 radical (unpaired) electrons. The van der Waals surface area contributed by atoms with Crippen molar-refractivity contribution in [3.63, 3.8) is 0 Å². The molecule has 0 aromatic heterocycles. The molecule has 0 saturated carbocycles. The fourth-order valence-corrected chi connectivity index (χ4v) is 1.20. The lowest BCUT2D eigenvalue weighted by molar-refractivity contribution is 0.195. The maximum absolute atomic E-state index is 11.4. The Hall–Kier alpha value is -2.02. The van der Waals surface area contributed by atoms with Gasteiger partial charge in [-0.25, -0.2) is 4.79 Å². The van der Waals surface area contributed by atoms with Crippen molar-refractivity contribution in [1.82, 2.24) is 5.32 Å². The van der Waals surface area contributed by atoms with Crippen LogP contribution in [0.15, 0.2) is 30.3 Å². The SMILES string of the molecule is CCC(CC#N)NC(=O)Oc1ccccc1. The van der Waals surface area contributed by atoms with E-state index in [4.69, 9.17) is 10.00 Å². The van der Waals surface area contributed by atoms with Crippen LogP contribution in [0.25, 0.3) is 0 Å². The van der Waals surface area contributed by atoms with Gasteiger partial charge in [0.05, 0.1) is 12.5 Å². The zero-order chi connectivity index (χ0) is 11.8. The van der Waals surface area contributed by atoms with Crippen molar-refractivity contribution in [2.24, 2.45) is 0 Å². The molecule has 84 valence electrons. The lowest BCUT2D eigenvalue weighted by Crippen LogP contribution is -2.36. The van der Waals surface area contributed by atoms with E-state index in [0.717, 1.165) is 0 Å². The minimum Gasteiger partial charge on any atom is -0.410 e. The highest BCUT2D eigenvalue weighted by molar-refractivity contribution is 5.70. The van der Waals surface area contributed by atoms with E-state index in [1.807, 2.05) is 19.1 Å². The Bertz CT molecular complexity index is 370. The summed E-state index contributed by atoms with van der Waals surface area (Å²) in [5.74, 6) is 0.492. The maximum atomic E-state index is 11.4. The zero-order valence-electron chi connectivity index (χ0n) is 9.14. The first-order valence-electron chi connectivity index (χ1n) is 5.16. The van der Waals surface area contributed by atoms with Crippen LogP contribution >= 0.6 is 0 Å². The molecule has 1 rings (SSSR count). The smallest absolute Gasteiger partial charge is 0.410 e. The fourth-order valence-electron chi connectivity index (χ4n) is 1.20. The monoisotopic (exact) mass is 218 g/mol. The van der Waals surface area contributed by atoms with Gasteiger partial charge in [-0.2, -0.15) is 5.26 Å². The number of nitrogens with zero attached hydrogens (tertiary/aromatic N) is 1. The molecule has 16 heavy (non-hydrogen) atoms. The van der Waals surface area contributed by atoms with E-state index in [1.54, 1.807) is 24.3 Å². The van der Waals surface area contributed by atoms with E-state index in [0.29, 0.717) is 18.6 Å². The molecule has 1 unspecified atom stereocenters. The highest BCUT2D eigenvalue weighted by Gasteiger charge is 2.11. The van der Waals surface area contributed by atoms with Gasteiger partial charge in [-0.1, -0.05) is 25.1 Å². The van der Waals surface area contributed by atoms with Crippen LogP contribution in [0.2, 0.25) is 0 Å². The Balaban J connectivity index is 2.44. The summed E-state index contributed by atoms with van der Waals surface area (Å²) in [6, 6.07) is 10.7. The van der Waals surface area contributed by atoms with Crippen LogP contribution in [-0.2, 0) is 0 Å². The fraction of sp³-hybridized carbons (Fsp3) is 0.333. The summed E-state index contributed by atoms with van der Waals surface area (Å²) in [4.78, 5) is 11.4. The van der Waals surface area contributed by atoms with Crippen molar-refractivity contribution < 1.29 is 9.53 Å². The quantitative estimate of drug-likeness (QED) is 0.844. The first kappa shape index (κ1) is 12.1. The molecule has 0 aliphatic heterocycles. The number of hydrogen-bond acceptors (Lipinski definition) is 3. The zero-order valence-corrected chi connectivity index (χ0v) is 9.14. The third-order valence-corrected chi connectivity index (χ3v) is 2.11. The Morgan fingerprint density at radius 1 is 1.50 bits per heavy atom. The molecular weight excluding hydrogens is 204 g/mol. The number of carbonyl (C=O) groups excluding carboxylic acids is 1. The highest BCUT2D eigenvalue weighted by Crippen LogP contribution is 2.08. The van der Waals surface area contributed by atoms with Gasteiger partial charge in [0, 0.05) is 6.04 Å². The number of carbonyl (C=O) groups is 1. The average Bonchev–Trinajstić information content (AvgIpc) is 2.29. The molecule has 4 nitrogen and oxygen atoms in total. The summed E-state index contributed by atoms with van der Waals surface area (Å²) < 4.78 is 5.03. The summed E-state index contributed by atoms with van der Waals surface area (Å²) in [6.07, 6.45) is 0.478. The van der Waals surface area contributed by atoms with Gasteiger partial charge in [0.25, 0.3) is 0 Å². The largest absolute Gasteiger partial charge is 0.412 e. The van der Waals surface area contributed by atoms with Crippen LogP contribution in [0.5, 0.6) is 5.75 Å². The molecule has 0 heterocycles. The number of amides is 1. The summed E-state index contributed by atoms with van der Waals surface area (Å²) in [6.45, 7) is 1.91. The highest BCUT2D eigenvalue weighted by atomic mass is 16.6. The maximum Gasteiger partial charge on any atom is 0.412 e. The lowest BCUT2D eigenvalue weighted by Gasteiger charge is -2.13. The number of para-hydroxylation sites is 1. The van der Waals surface area contributed by atoms with E-state index in [2.05, 4.69) is 5.32 Å². The van der Waals surface area contributed by atoms with Gasteiger partial charge in [-0.15, -0.1) is 0 Å². The molecule has 0 fully saturated rings. The standard InChI is InChI=1S/C12H14N2O2/c1-2-10(8-9-13)14-12(15)16-11-6-4-3-5-7-11/h3-7,10H,2,8H2,1H3,(H,14,15). The Morgan fingerprint density at radius 3 is 2.75 bits per heavy atom. The lowest BCUT2D eigenvalue weighted by atomic mass is 10.2. The molecule has 0 saturated heterocycles. The number of benzene rings is 1. The molecule has 0 spiro atoms. The van der Waals surface area contributed by atoms with Crippen LogP contribution in [-0.4, -0.2) is 12.1 Å². The first-order valence-corrected chi connectivity index (χ1v) is 5.16. The molecule has 0 aliphatic rings. The summed E-state index contributed by atoms with van der Waals surface area (Å²) in [5.41, 5.74) is 0. The molecular formula is C12H14N2O2. The second-order valence-electron chi connectivity index (χ2n) is 3.31. The molecule has 1 amide bonds. The van der Waals surface area contributed by atoms with E-state index in [-0.39, 0.29) is 6.04 Å². The van der Waals surface area contributed by atoms with Crippen molar-refractivity contribution >= 4 is 6.09 Å². The molecule has 0 bridgehead atoms. The van der Waals surface area contributed by atoms with Crippen molar-refractivity contribution in [1.29, 1.82) is 5.26 Å². The van der Waals surface area contributed by atoms with Crippen LogP contribution in [0.4, 0.5) is 4.79 Å². The van der Waals surface area contributed by atoms with Gasteiger partial charge in [-0.05, 0) is 18.6 Å². The molecule has 1 N–H and O–H groups in total. The Kier molecular flexibility index (Phi) is 4.87. The van der Waals surface area contributed by atoms with Crippen molar-refractivity contribution in [3.8, 4) is 11.8 Å². The molecule has 1 aromatic rings. The van der Waals surface area contributed by atoms with E-state index in [1.165, 1.54) is 0 Å². The molecule has 1 aromatic carbocycles. The third kappa shape index (κ3) is 4.01. The van der Waals surface area contributed by atoms with Crippen molar-refractivity contribution in [3.05, 3.63) is 30.3 Å². The predicted molar refractivity (Wildman–Crippen MR) is 59.9 cm³/mol. The van der Waals surface area contributed by atoms with Crippen LogP contribution in [0.1, 0.15) is 19.8 Å². The minimum absolute atomic E-state index is 0.152. The van der Waals surface area contributed by atoms with Crippen molar-refractivity contribution in [2.75, 3.05) is 0 Å². The summed E-state index contributed by atoms with van der Waals surface area (Å²) in [7, 11) is 0. The van der Waals surface area contributed by atoms with Crippen molar-refractivity contribution in [2.45, 2.75) is 25.8 Å². The Labute approximate surface area is 94.8 Å².